The van der Waals surface area contributed by atoms with Gasteiger partial charge in [-0.1, -0.05) is 55.0 Å². The number of carbonyl (C=O) groups is 2. The Kier molecular flexibility index (Phi) is 7.02. The largest absolute Gasteiger partial charge is 0.514 e. The van der Waals surface area contributed by atoms with E-state index < -0.39 is 29.3 Å². The molecule has 1 saturated carbocycles. The second-order valence-corrected chi connectivity index (χ2v) is 9.12. The van der Waals surface area contributed by atoms with Gasteiger partial charge < -0.3 is 19.5 Å². The van der Waals surface area contributed by atoms with Gasteiger partial charge in [-0.3, -0.25) is 10.1 Å². The number of nitro groups is 1. The van der Waals surface area contributed by atoms with Crippen molar-refractivity contribution in [1.82, 2.24) is 5.32 Å². The van der Waals surface area contributed by atoms with Gasteiger partial charge in [0.25, 0.3) is 5.69 Å². The van der Waals surface area contributed by atoms with E-state index >= 15 is 0 Å². The Morgan fingerprint density at radius 2 is 1.51 bits per heavy atom. The van der Waals surface area contributed by atoms with E-state index in [1.807, 2.05) is 24.3 Å². The standard InChI is InChI=1S/C28H26N2O7/c31-27(35-17-24-22-9-3-1-7-20(22)21-8-2-4-10-23(21)24)29-25-11-5-6-12-26(25)37-28(32)36-19-15-13-18(14-16-19)30(33)34/h1-4,7-10,13-16,24-26H,5-6,11-12,17H2,(H,29,31)/t25-,26-/m1/s1. The van der Waals surface area contributed by atoms with Gasteiger partial charge >= 0.3 is 12.2 Å². The summed E-state index contributed by atoms with van der Waals surface area (Å²) in [5.41, 5.74) is 4.45. The zero-order chi connectivity index (χ0) is 25.8. The molecule has 0 aliphatic heterocycles. The van der Waals surface area contributed by atoms with Gasteiger partial charge in [-0.2, -0.15) is 0 Å². The smallest absolute Gasteiger partial charge is 0.449 e. The summed E-state index contributed by atoms with van der Waals surface area (Å²) in [6.45, 7) is 0.195. The fraction of sp³-hybridized carbons (Fsp3) is 0.286. The topological polar surface area (TPSA) is 117 Å². The third-order valence-corrected chi connectivity index (χ3v) is 6.85. The minimum absolute atomic E-state index is 0.0479. The molecule has 3 aromatic carbocycles. The van der Waals surface area contributed by atoms with Gasteiger partial charge in [0.15, 0.2) is 0 Å². The van der Waals surface area contributed by atoms with Crippen molar-refractivity contribution in [2.75, 3.05) is 6.61 Å². The van der Waals surface area contributed by atoms with Crippen molar-refractivity contribution >= 4 is 17.9 Å². The van der Waals surface area contributed by atoms with Crippen LogP contribution in [-0.4, -0.2) is 35.9 Å². The Morgan fingerprint density at radius 3 is 2.16 bits per heavy atom. The van der Waals surface area contributed by atoms with Crippen LogP contribution in [0.5, 0.6) is 5.75 Å². The second kappa shape index (κ2) is 10.7. The van der Waals surface area contributed by atoms with Gasteiger partial charge in [-0.15, -0.1) is 0 Å². The molecule has 3 aromatic rings. The summed E-state index contributed by atoms with van der Waals surface area (Å²) >= 11 is 0. The number of fused-ring (bicyclic) bond motifs is 3. The average Bonchev–Trinajstić information content (AvgIpc) is 3.22. The van der Waals surface area contributed by atoms with Crippen molar-refractivity contribution in [2.45, 2.75) is 43.7 Å². The van der Waals surface area contributed by atoms with E-state index in [9.17, 15) is 19.7 Å². The number of non-ortho nitro benzene ring substituents is 1. The van der Waals surface area contributed by atoms with Crippen LogP contribution in [0.1, 0.15) is 42.7 Å². The molecule has 0 radical (unpaired) electrons. The summed E-state index contributed by atoms with van der Waals surface area (Å²) in [6.07, 6.45) is 0.874. The summed E-state index contributed by atoms with van der Waals surface area (Å²) in [5, 5.41) is 13.6. The van der Waals surface area contributed by atoms with Crippen molar-refractivity contribution < 1.29 is 28.7 Å². The first kappa shape index (κ1) is 24.3. The maximum atomic E-state index is 12.7. The van der Waals surface area contributed by atoms with E-state index in [0.29, 0.717) is 12.8 Å². The van der Waals surface area contributed by atoms with E-state index in [-0.39, 0.29) is 24.0 Å². The number of nitro benzene ring substituents is 1. The Balaban J connectivity index is 1.17. The van der Waals surface area contributed by atoms with Crippen molar-refractivity contribution in [3.8, 4) is 16.9 Å². The number of alkyl carbamates (subject to hydrolysis) is 1. The van der Waals surface area contributed by atoms with E-state index in [1.54, 1.807) is 0 Å². The van der Waals surface area contributed by atoms with Crippen LogP contribution in [0.25, 0.3) is 11.1 Å². The van der Waals surface area contributed by atoms with Gasteiger partial charge in [0.1, 0.15) is 18.5 Å². The highest BCUT2D eigenvalue weighted by Crippen LogP contribution is 2.44. The predicted molar refractivity (Wildman–Crippen MR) is 134 cm³/mol. The Morgan fingerprint density at radius 1 is 0.892 bits per heavy atom. The number of amides is 1. The molecule has 1 fully saturated rings. The van der Waals surface area contributed by atoms with Gasteiger partial charge in [0.05, 0.1) is 11.0 Å². The maximum Gasteiger partial charge on any atom is 0.514 e. The first-order valence-corrected chi connectivity index (χ1v) is 12.2. The molecule has 1 N–H and O–H groups in total. The summed E-state index contributed by atoms with van der Waals surface area (Å²) in [4.78, 5) is 35.3. The molecule has 2 aliphatic carbocycles. The lowest BCUT2D eigenvalue weighted by Gasteiger charge is -2.31. The molecule has 0 spiro atoms. The van der Waals surface area contributed by atoms with Crippen LogP contribution in [-0.2, 0) is 9.47 Å². The van der Waals surface area contributed by atoms with Crippen LogP contribution in [0.4, 0.5) is 15.3 Å². The maximum absolute atomic E-state index is 12.7. The molecule has 0 aromatic heterocycles. The first-order valence-electron chi connectivity index (χ1n) is 12.2. The number of benzene rings is 3. The zero-order valence-electron chi connectivity index (χ0n) is 20.0. The summed E-state index contributed by atoms with van der Waals surface area (Å²) in [7, 11) is 0. The van der Waals surface area contributed by atoms with Crippen molar-refractivity contribution in [1.29, 1.82) is 0 Å². The second-order valence-electron chi connectivity index (χ2n) is 9.12. The lowest BCUT2D eigenvalue weighted by atomic mass is 9.92. The monoisotopic (exact) mass is 502 g/mol. The van der Waals surface area contributed by atoms with E-state index in [4.69, 9.17) is 14.2 Å². The Labute approximate surface area is 213 Å². The lowest BCUT2D eigenvalue weighted by molar-refractivity contribution is -0.384. The minimum Gasteiger partial charge on any atom is -0.449 e. The number of hydrogen-bond donors (Lipinski definition) is 1. The molecule has 0 heterocycles. The van der Waals surface area contributed by atoms with Crippen LogP contribution in [0.15, 0.2) is 72.8 Å². The van der Waals surface area contributed by atoms with Gasteiger partial charge in [-0.25, -0.2) is 9.59 Å². The fourth-order valence-corrected chi connectivity index (χ4v) is 5.07. The molecule has 1 amide bonds. The van der Waals surface area contributed by atoms with E-state index in [0.717, 1.165) is 35.1 Å². The molecule has 37 heavy (non-hydrogen) atoms. The highest BCUT2D eigenvalue weighted by Gasteiger charge is 2.32. The number of ether oxygens (including phenoxy) is 3. The number of nitrogens with one attached hydrogen (secondary N) is 1. The van der Waals surface area contributed by atoms with E-state index in [1.165, 1.54) is 24.3 Å². The van der Waals surface area contributed by atoms with Gasteiger partial charge in [0.2, 0.25) is 0 Å². The van der Waals surface area contributed by atoms with E-state index in [2.05, 4.69) is 29.6 Å². The molecule has 2 atom stereocenters. The highest BCUT2D eigenvalue weighted by molar-refractivity contribution is 5.79. The molecule has 2 aliphatic rings. The number of carbonyl (C=O) groups excluding carboxylic acids is 2. The first-order chi connectivity index (χ1) is 18.0. The fourth-order valence-electron chi connectivity index (χ4n) is 5.07. The normalized spacial score (nSPS) is 18.3. The summed E-state index contributed by atoms with van der Waals surface area (Å²) < 4.78 is 16.3. The predicted octanol–water partition coefficient (Wildman–Crippen LogP) is 5.96. The summed E-state index contributed by atoms with van der Waals surface area (Å²) in [6, 6.07) is 21.0. The van der Waals surface area contributed by atoms with Crippen LogP contribution in [0.3, 0.4) is 0 Å². The molecule has 0 bridgehead atoms. The van der Waals surface area contributed by atoms with Crippen LogP contribution < -0.4 is 10.1 Å². The van der Waals surface area contributed by atoms with Gasteiger partial charge in [0, 0.05) is 18.1 Å². The molecule has 0 unspecified atom stereocenters. The molecule has 190 valence electrons. The van der Waals surface area contributed by atoms with Crippen molar-refractivity contribution in [2.24, 2.45) is 0 Å². The molecule has 9 heteroatoms. The number of rotatable bonds is 6. The van der Waals surface area contributed by atoms with Crippen LogP contribution >= 0.6 is 0 Å². The van der Waals surface area contributed by atoms with Gasteiger partial charge in [-0.05, 0) is 53.6 Å². The average molecular weight is 503 g/mol. The third kappa shape index (κ3) is 5.40. The quantitative estimate of drug-likeness (QED) is 0.191. The molecule has 5 rings (SSSR count). The molecule has 0 saturated heterocycles. The molecule has 9 nitrogen and oxygen atoms in total. The SMILES string of the molecule is O=C(N[C@@H]1CCCC[C@H]1OC(=O)Oc1ccc([N+](=O)[O-])cc1)OCC1c2ccccc2-c2ccccc21. The summed E-state index contributed by atoms with van der Waals surface area (Å²) in [5.74, 6) is 0.0840. The van der Waals surface area contributed by atoms with Crippen LogP contribution in [0, 0.1) is 10.1 Å². The minimum atomic E-state index is -0.930. The lowest BCUT2D eigenvalue weighted by Crippen LogP contribution is -2.47. The Bertz CT molecular complexity index is 1260. The zero-order valence-corrected chi connectivity index (χ0v) is 20.0. The highest BCUT2D eigenvalue weighted by atomic mass is 16.7. The van der Waals surface area contributed by atoms with Crippen LogP contribution in [0.2, 0.25) is 0 Å². The van der Waals surface area contributed by atoms with Crippen molar-refractivity contribution in [3.63, 3.8) is 0 Å². The van der Waals surface area contributed by atoms with Crippen molar-refractivity contribution in [3.05, 3.63) is 94.0 Å². The third-order valence-electron chi connectivity index (χ3n) is 6.85. The molecular weight excluding hydrogens is 476 g/mol. The Hall–Kier alpha value is -4.40. The number of hydrogen-bond acceptors (Lipinski definition) is 7. The number of nitrogens with zero attached hydrogens (tertiary/aromatic N) is 1. The molecular formula is C28H26N2O7.